The van der Waals surface area contributed by atoms with Crippen molar-refractivity contribution in [3.63, 3.8) is 0 Å². The molecule has 0 spiro atoms. The van der Waals surface area contributed by atoms with Crippen LogP contribution in [0.2, 0.25) is 0 Å². The maximum atomic E-state index is 6.04. The Bertz CT molecular complexity index is 210. The van der Waals surface area contributed by atoms with E-state index in [0.717, 1.165) is 18.5 Å². The molecule has 2 unspecified atom stereocenters. The van der Waals surface area contributed by atoms with E-state index in [1.165, 1.54) is 37.2 Å². The summed E-state index contributed by atoms with van der Waals surface area (Å²) in [4.78, 5) is 2.59. The van der Waals surface area contributed by atoms with Gasteiger partial charge in [-0.3, -0.25) is 4.90 Å². The third-order valence-corrected chi connectivity index (χ3v) is 5.66. The maximum Gasteiger partial charge on any atom is 0.0422 e. The van der Waals surface area contributed by atoms with Crippen LogP contribution >= 0.6 is 11.8 Å². The predicted molar refractivity (Wildman–Crippen MR) is 68.3 cm³/mol. The predicted octanol–water partition coefficient (Wildman–Crippen LogP) is 1.94. The van der Waals surface area contributed by atoms with Gasteiger partial charge in [0.25, 0.3) is 0 Å². The first-order chi connectivity index (χ1) is 7.19. The molecule has 2 aliphatic rings. The van der Waals surface area contributed by atoms with Crippen molar-refractivity contribution in [3.8, 4) is 0 Å². The van der Waals surface area contributed by atoms with Crippen molar-refractivity contribution in [3.05, 3.63) is 0 Å². The lowest BCUT2D eigenvalue weighted by atomic mass is 9.91. The molecule has 2 fully saturated rings. The highest BCUT2D eigenvalue weighted by molar-refractivity contribution is 7.99. The zero-order valence-electron chi connectivity index (χ0n) is 10.0. The first kappa shape index (κ1) is 11.7. The van der Waals surface area contributed by atoms with Crippen LogP contribution in [-0.2, 0) is 0 Å². The average molecular weight is 228 g/mol. The highest BCUT2D eigenvalue weighted by atomic mass is 32.2. The van der Waals surface area contributed by atoms with E-state index in [4.69, 9.17) is 5.73 Å². The molecule has 0 radical (unpaired) electrons. The Hall–Kier alpha value is 0.270. The van der Waals surface area contributed by atoms with Gasteiger partial charge < -0.3 is 5.73 Å². The minimum Gasteiger partial charge on any atom is -0.329 e. The molecule has 0 amide bonds. The third kappa shape index (κ3) is 2.34. The molecule has 2 atom stereocenters. The van der Waals surface area contributed by atoms with E-state index in [1.807, 2.05) is 0 Å². The van der Waals surface area contributed by atoms with E-state index >= 15 is 0 Å². The molecule has 88 valence electrons. The quantitative estimate of drug-likeness (QED) is 0.797. The van der Waals surface area contributed by atoms with Crippen molar-refractivity contribution >= 4 is 11.8 Å². The molecule has 0 bridgehead atoms. The largest absolute Gasteiger partial charge is 0.329 e. The SMILES string of the molecule is CC(C1CC1)N(C)C1(CN)CCCSC1. The van der Waals surface area contributed by atoms with E-state index in [1.54, 1.807) is 0 Å². The van der Waals surface area contributed by atoms with Gasteiger partial charge in [0.2, 0.25) is 0 Å². The average Bonchev–Trinajstić information content (AvgIpc) is 3.12. The first-order valence-electron chi connectivity index (χ1n) is 6.20. The Labute approximate surface area is 98.0 Å². The van der Waals surface area contributed by atoms with Crippen molar-refractivity contribution in [1.29, 1.82) is 0 Å². The van der Waals surface area contributed by atoms with Gasteiger partial charge in [-0.2, -0.15) is 11.8 Å². The Morgan fingerprint density at radius 3 is 2.73 bits per heavy atom. The zero-order chi connectivity index (χ0) is 10.9. The summed E-state index contributed by atoms with van der Waals surface area (Å²) in [5.41, 5.74) is 6.34. The normalized spacial score (nSPS) is 34.4. The summed E-state index contributed by atoms with van der Waals surface area (Å²) in [5.74, 6) is 3.51. The fourth-order valence-corrected chi connectivity index (χ4v) is 4.09. The fourth-order valence-electron chi connectivity index (χ4n) is 2.75. The monoisotopic (exact) mass is 228 g/mol. The van der Waals surface area contributed by atoms with Crippen LogP contribution in [0.1, 0.15) is 32.6 Å². The van der Waals surface area contributed by atoms with Crippen molar-refractivity contribution in [2.75, 3.05) is 25.1 Å². The van der Waals surface area contributed by atoms with Crippen LogP contribution in [-0.4, -0.2) is 41.6 Å². The molecule has 1 saturated heterocycles. The molecule has 0 aromatic rings. The van der Waals surface area contributed by atoms with Gasteiger partial charge in [-0.1, -0.05) is 0 Å². The van der Waals surface area contributed by atoms with Gasteiger partial charge in [-0.05, 0) is 51.3 Å². The zero-order valence-corrected chi connectivity index (χ0v) is 10.9. The van der Waals surface area contributed by atoms with E-state index < -0.39 is 0 Å². The summed E-state index contributed by atoms with van der Waals surface area (Å²) in [6.45, 7) is 3.21. The van der Waals surface area contributed by atoms with Crippen LogP contribution in [0.3, 0.4) is 0 Å². The summed E-state index contributed by atoms with van der Waals surface area (Å²) < 4.78 is 0. The van der Waals surface area contributed by atoms with Crippen LogP contribution in [0, 0.1) is 5.92 Å². The van der Waals surface area contributed by atoms with Gasteiger partial charge in [0.05, 0.1) is 0 Å². The molecule has 1 heterocycles. The number of hydrogen-bond donors (Lipinski definition) is 1. The van der Waals surface area contributed by atoms with E-state index in [2.05, 4.69) is 30.6 Å². The Balaban J connectivity index is 2.02. The number of rotatable bonds is 4. The lowest BCUT2D eigenvalue weighted by Crippen LogP contribution is -2.58. The summed E-state index contributed by atoms with van der Waals surface area (Å²) in [6, 6.07) is 0.729. The summed E-state index contributed by atoms with van der Waals surface area (Å²) in [6.07, 6.45) is 5.49. The third-order valence-electron chi connectivity index (χ3n) is 4.34. The van der Waals surface area contributed by atoms with E-state index in [9.17, 15) is 0 Å². The van der Waals surface area contributed by atoms with E-state index in [-0.39, 0.29) is 0 Å². The summed E-state index contributed by atoms with van der Waals surface area (Å²) in [5, 5.41) is 0. The van der Waals surface area contributed by atoms with Crippen molar-refractivity contribution in [1.82, 2.24) is 4.90 Å². The Morgan fingerprint density at radius 2 is 2.27 bits per heavy atom. The number of hydrogen-bond acceptors (Lipinski definition) is 3. The second-order valence-electron chi connectivity index (χ2n) is 5.27. The van der Waals surface area contributed by atoms with E-state index in [0.29, 0.717) is 5.54 Å². The van der Waals surface area contributed by atoms with Crippen LogP contribution in [0.25, 0.3) is 0 Å². The Morgan fingerprint density at radius 1 is 1.53 bits per heavy atom. The second-order valence-corrected chi connectivity index (χ2v) is 6.38. The number of thioether (sulfide) groups is 1. The van der Waals surface area contributed by atoms with Gasteiger partial charge in [0.1, 0.15) is 0 Å². The minimum atomic E-state index is 0.297. The topological polar surface area (TPSA) is 29.3 Å². The Kier molecular flexibility index (Phi) is 3.63. The number of nitrogens with two attached hydrogens (primary N) is 1. The van der Waals surface area contributed by atoms with Crippen molar-refractivity contribution in [2.24, 2.45) is 11.7 Å². The molecule has 15 heavy (non-hydrogen) atoms. The first-order valence-corrected chi connectivity index (χ1v) is 7.36. The standard InChI is InChI=1S/C12H24N2S/c1-10(11-4-5-11)14(2)12(8-13)6-3-7-15-9-12/h10-11H,3-9,13H2,1-2H3. The lowest BCUT2D eigenvalue weighted by Gasteiger charge is -2.46. The van der Waals surface area contributed by atoms with Crippen LogP contribution in [0.5, 0.6) is 0 Å². The number of nitrogens with zero attached hydrogens (tertiary/aromatic N) is 1. The fraction of sp³-hybridized carbons (Fsp3) is 1.00. The van der Waals surface area contributed by atoms with Gasteiger partial charge in [0.15, 0.2) is 0 Å². The van der Waals surface area contributed by atoms with Crippen molar-refractivity contribution < 1.29 is 0 Å². The molecule has 3 heteroatoms. The molecule has 2 N–H and O–H groups in total. The maximum absolute atomic E-state index is 6.04. The molecular formula is C12H24N2S. The molecule has 1 aliphatic heterocycles. The van der Waals surface area contributed by atoms with Crippen LogP contribution < -0.4 is 5.73 Å². The highest BCUT2D eigenvalue weighted by Gasteiger charge is 2.41. The molecule has 2 rings (SSSR count). The summed E-state index contributed by atoms with van der Waals surface area (Å²) in [7, 11) is 2.29. The van der Waals surface area contributed by atoms with Gasteiger partial charge in [0, 0.05) is 23.9 Å². The molecule has 0 aromatic carbocycles. The van der Waals surface area contributed by atoms with Gasteiger partial charge >= 0.3 is 0 Å². The molecule has 1 aliphatic carbocycles. The smallest absolute Gasteiger partial charge is 0.0422 e. The molecule has 2 nitrogen and oxygen atoms in total. The highest BCUT2D eigenvalue weighted by Crippen LogP contribution is 2.39. The molecule has 0 aromatic heterocycles. The molecule has 1 saturated carbocycles. The van der Waals surface area contributed by atoms with Crippen molar-refractivity contribution in [2.45, 2.75) is 44.2 Å². The van der Waals surface area contributed by atoms with Gasteiger partial charge in [-0.15, -0.1) is 0 Å². The minimum absolute atomic E-state index is 0.297. The van der Waals surface area contributed by atoms with Crippen LogP contribution in [0.15, 0.2) is 0 Å². The van der Waals surface area contributed by atoms with Crippen LogP contribution in [0.4, 0.5) is 0 Å². The lowest BCUT2D eigenvalue weighted by molar-refractivity contribution is 0.0825. The second kappa shape index (κ2) is 4.64. The van der Waals surface area contributed by atoms with Gasteiger partial charge in [-0.25, -0.2) is 0 Å². The number of likely N-dealkylation sites (N-methyl/N-ethyl adjacent to an activating group) is 1. The summed E-state index contributed by atoms with van der Waals surface area (Å²) >= 11 is 2.08. The molecular weight excluding hydrogens is 204 g/mol.